The van der Waals surface area contributed by atoms with Crippen molar-refractivity contribution < 1.29 is 14.0 Å². The van der Waals surface area contributed by atoms with Gasteiger partial charge in [-0.1, -0.05) is 37.3 Å². The molecule has 2 amide bonds. The van der Waals surface area contributed by atoms with E-state index in [9.17, 15) is 14.0 Å². The predicted molar refractivity (Wildman–Crippen MR) is 105 cm³/mol. The highest BCUT2D eigenvalue weighted by Crippen LogP contribution is 2.18. The second-order valence-corrected chi connectivity index (χ2v) is 6.95. The van der Waals surface area contributed by atoms with Crippen molar-refractivity contribution >= 4 is 29.3 Å². The van der Waals surface area contributed by atoms with Crippen molar-refractivity contribution in [3.05, 3.63) is 65.5 Å². The normalized spacial score (nSPS) is 11.7. The van der Waals surface area contributed by atoms with Gasteiger partial charge in [-0.15, -0.1) is 11.8 Å². The summed E-state index contributed by atoms with van der Waals surface area (Å²) >= 11 is 1.32. The molecule has 1 unspecified atom stereocenters. The number of para-hydroxylation sites is 1. The van der Waals surface area contributed by atoms with Crippen LogP contribution in [0, 0.1) is 5.82 Å². The van der Waals surface area contributed by atoms with Gasteiger partial charge in [-0.05, 0) is 37.1 Å². The molecule has 6 heteroatoms. The van der Waals surface area contributed by atoms with Gasteiger partial charge < -0.3 is 10.6 Å². The Morgan fingerprint density at radius 1 is 1.12 bits per heavy atom. The first kappa shape index (κ1) is 20.0. The number of rotatable bonds is 8. The van der Waals surface area contributed by atoms with Crippen LogP contribution < -0.4 is 10.6 Å². The van der Waals surface area contributed by atoms with Gasteiger partial charge >= 0.3 is 0 Å². The number of nitrogens with one attached hydrogen (secondary N) is 2. The summed E-state index contributed by atoms with van der Waals surface area (Å²) in [6.45, 7) is 3.92. The highest BCUT2D eigenvalue weighted by atomic mass is 32.2. The molecule has 4 nitrogen and oxygen atoms in total. The Bertz CT molecular complexity index is 767. The average molecular weight is 374 g/mol. The second kappa shape index (κ2) is 9.97. The molecule has 0 saturated carbocycles. The van der Waals surface area contributed by atoms with E-state index in [-0.39, 0.29) is 29.4 Å². The van der Waals surface area contributed by atoms with E-state index in [2.05, 4.69) is 10.6 Å². The van der Waals surface area contributed by atoms with Crippen molar-refractivity contribution in [2.24, 2.45) is 0 Å². The van der Waals surface area contributed by atoms with E-state index in [4.69, 9.17) is 0 Å². The number of carbonyl (C=O) groups is 2. The standard InChI is InChI=1S/C20H23FN2O2S/c1-3-14(2)22-20(25)16-9-5-7-11-18(16)23-19(24)13-26-12-15-8-4-6-10-17(15)21/h4-11,14H,3,12-13H2,1-2H3,(H,22,25)(H,23,24). The molecular weight excluding hydrogens is 351 g/mol. The Kier molecular flexibility index (Phi) is 7.66. The number of halogens is 1. The largest absolute Gasteiger partial charge is 0.350 e. The smallest absolute Gasteiger partial charge is 0.253 e. The molecule has 0 aliphatic rings. The summed E-state index contributed by atoms with van der Waals surface area (Å²) in [5.74, 6) is -0.122. The third kappa shape index (κ3) is 5.88. The van der Waals surface area contributed by atoms with Crippen LogP contribution >= 0.6 is 11.8 Å². The molecule has 0 spiro atoms. The van der Waals surface area contributed by atoms with E-state index < -0.39 is 0 Å². The van der Waals surface area contributed by atoms with Crippen LogP contribution in [0.5, 0.6) is 0 Å². The molecule has 2 aromatic carbocycles. The summed E-state index contributed by atoms with van der Waals surface area (Å²) in [6.07, 6.45) is 0.826. The molecule has 0 saturated heterocycles. The maximum Gasteiger partial charge on any atom is 0.253 e. The van der Waals surface area contributed by atoms with Crippen LogP contribution in [0.1, 0.15) is 36.2 Å². The van der Waals surface area contributed by atoms with Gasteiger partial charge in [0, 0.05) is 11.8 Å². The van der Waals surface area contributed by atoms with Crippen molar-refractivity contribution in [3.8, 4) is 0 Å². The summed E-state index contributed by atoms with van der Waals surface area (Å²) in [5.41, 5.74) is 1.48. The number of hydrogen-bond acceptors (Lipinski definition) is 3. The van der Waals surface area contributed by atoms with E-state index in [1.165, 1.54) is 17.8 Å². The summed E-state index contributed by atoms with van der Waals surface area (Å²) < 4.78 is 13.6. The zero-order valence-corrected chi connectivity index (χ0v) is 15.7. The van der Waals surface area contributed by atoms with Crippen molar-refractivity contribution in [2.75, 3.05) is 11.1 Å². The van der Waals surface area contributed by atoms with Crippen molar-refractivity contribution in [3.63, 3.8) is 0 Å². The summed E-state index contributed by atoms with van der Waals surface area (Å²) in [5, 5.41) is 5.66. The van der Waals surface area contributed by atoms with Crippen molar-refractivity contribution in [1.29, 1.82) is 0 Å². The SMILES string of the molecule is CCC(C)NC(=O)c1ccccc1NC(=O)CSCc1ccccc1F. The van der Waals surface area contributed by atoms with Crippen LogP contribution in [-0.4, -0.2) is 23.6 Å². The molecule has 2 N–H and O–H groups in total. The van der Waals surface area contributed by atoms with E-state index >= 15 is 0 Å². The first-order valence-electron chi connectivity index (χ1n) is 8.52. The van der Waals surface area contributed by atoms with E-state index in [1.54, 1.807) is 42.5 Å². The average Bonchev–Trinajstić information content (AvgIpc) is 2.63. The van der Waals surface area contributed by atoms with Crippen LogP contribution in [0.3, 0.4) is 0 Å². The third-order valence-corrected chi connectivity index (χ3v) is 4.87. The van der Waals surface area contributed by atoms with Crippen molar-refractivity contribution in [2.45, 2.75) is 32.1 Å². The Morgan fingerprint density at radius 3 is 2.54 bits per heavy atom. The molecule has 0 fully saturated rings. The molecular formula is C20H23FN2O2S. The lowest BCUT2D eigenvalue weighted by Gasteiger charge is -2.14. The first-order chi connectivity index (χ1) is 12.5. The molecule has 0 heterocycles. The zero-order chi connectivity index (χ0) is 18.9. The van der Waals surface area contributed by atoms with E-state index in [0.29, 0.717) is 22.6 Å². The number of thioether (sulfide) groups is 1. The minimum atomic E-state index is -0.271. The molecule has 1 atom stereocenters. The van der Waals surface area contributed by atoms with Crippen LogP contribution in [-0.2, 0) is 10.5 Å². The maximum absolute atomic E-state index is 13.6. The van der Waals surface area contributed by atoms with Gasteiger partial charge in [-0.25, -0.2) is 4.39 Å². The van der Waals surface area contributed by atoms with Gasteiger partial charge in [0.1, 0.15) is 5.82 Å². The molecule has 0 aromatic heterocycles. The Morgan fingerprint density at radius 2 is 1.81 bits per heavy atom. The van der Waals surface area contributed by atoms with Crippen LogP contribution in [0.25, 0.3) is 0 Å². The molecule has 0 bridgehead atoms. The Hall–Kier alpha value is -2.34. The van der Waals surface area contributed by atoms with Crippen LogP contribution in [0.15, 0.2) is 48.5 Å². The quantitative estimate of drug-likeness (QED) is 0.727. The minimum Gasteiger partial charge on any atom is -0.350 e. The maximum atomic E-state index is 13.6. The van der Waals surface area contributed by atoms with Gasteiger partial charge in [0.2, 0.25) is 5.91 Å². The second-order valence-electron chi connectivity index (χ2n) is 5.96. The molecule has 0 aliphatic heterocycles. The van der Waals surface area contributed by atoms with E-state index in [0.717, 1.165) is 6.42 Å². The molecule has 0 aliphatic carbocycles. The number of hydrogen-bond donors (Lipinski definition) is 2. The predicted octanol–water partition coefficient (Wildman–Crippen LogP) is 4.23. The van der Waals surface area contributed by atoms with Crippen molar-refractivity contribution in [1.82, 2.24) is 5.32 Å². The Labute approximate surface area is 157 Å². The highest BCUT2D eigenvalue weighted by molar-refractivity contribution is 7.99. The third-order valence-electron chi connectivity index (χ3n) is 3.88. The van der Waals surface area contributed by atoms with Gasteiger partial charge in [-0.3, -0.25) is 9.59 Å². The fourth-order valence-electron chi connectivity index (χ4n) is 2.25. The molecule has 2 rings (SSSR count). The fraction of sp³-hybridized carbons (Fsp3) is 0.300. The van der Waals surface area contributed by atoms with Gasteiger partial charge in [-0.2, -0.15) is 0 Å². The fourth-order valence-corrected chi connectivity index (χ4v) is 3.06. The minimum absolute atomic E-state index is 0.0579. The highest BCUT2D eigenvalue weighted by Gasteiger charge is 2.14. The van der Waals surface area contributed by atoms with Gasteiger partial charge in [0.05, 0.1) is 17.0 Å². The number of carbonyl (C=O) groups excluding carboxylic acids is 2. The zero-order valence-electron chi connectivity index (χ0n) is 14.9. The summed E-state index contributed by atoms with van der Waals surface area (Å²) in [4.78, 5) is 24.5. The lowest BCUT2D eigenvalue weighted by molar-refractivity contribution is -0.113. The molecule has 0 radical (unpaired) electrons. The molecule has 138 valence electrons. The van der Waals surface area contributed by atoms with Crippen LogP contribution in [0.4, 0.5) is 10.1 Å². The first-order valence-corrected chi connectivity index (χ1v) is 9.67. The molecule has 2 aromatic rings. The lowest BCUT2D eigenvalue weighted by atomic mass is 10.1. The number of benzene rings is 2. The van der Waals surface area contributed by atoms with Gasteiger partial charge in [0.25, 0.3) is 5.91 Å². The number of amides is 2. The number of anilines is 1. The van der Waals surface area contributed by atoms with Crippen LogP contribution in [0.2, 0.25) is 0 Å². The van der Waals surface area contributed by atoms with E-state index in [1.807, 2.05) is 13.8 Å². The Balaban J connectivity index is 1.92. The summed E-state index contributed by atoms with van der Waals surface area (Å²) in [6, 6.07) is 13.5. The van der Waals surface area contributed by atoms with Gasteiger partial charge in [0.15, 0.2) is 0 Å². The lowest BCUT2D eigenvalue weighted by Crippen LogP contribution is -2.32. The summed E-state index contributed by atoms with van der Waals surface area (Å²) in [7, 11) is 0. The molecule has 26 heavy (non-hydrogen) atoms. The monoisotopic (exact) mass is 374 g/mol. The topological polar surface area (TPSA) is 58.2 Å².